The lowest BCUT2D eigenvalue weighted by Crippen LogP contribution is -2.20. The van der Waals surface area contributed by atoms with E-state index in [1.54, 1.807) is 13.0 Å². The van der Waals surface area contributed by atoms with Gasteiger partial charge in [-0.25, -0.2) is 0 Å². The summed E-state index contributed by atoms with van der Waals surface area (Å²) in [5.74, 6) is -0.268. The number of amides is 1. The molecule has 37 heavy (non-hydrogen) atoms. The zero-order valence-corrected chi connectivity index (χ0v) is 21.5. The first kappa shape index (κ1) is 25.9. The lowest BCUT2D eigenvalue weighted by atomic mass is 10.1. The summed E-state index contributed by atoms with van der Waals surface area (Å²) < 4.78 is 0. The zero-order chi connectivity index (χ0) is 26.2. The first-order chi connectivity index (χ1) is 17.9. The van der Waals surface area contributed by atoms with Crippen LogP contribution in [0.1, 0.15) is 16.4 Å². The van der Waals surface area contributed by atoms with Crippen molar-refractivity contribution >= 4 is 57.7 Å². The standard InChI is InChI=1S/C28H24N4O3S2/c1-19-12-15-23(32(34)35)18-25(19)31-27(33)26(20-8-4-2-5-9-20)37-24-16-13-22(14-17-24)30-28(36)29-21-10-6-3-7-11-21/h2-18,26H,1H3,(H,31,33)(H2,29,30,36). The molecule has 1 atom stereocenters. The second-order valence-corrected chi connectivity index (χ2v) is 9.71. The zero-order valence-electron chi connectivity index (χ0n) is 19.9. The molecule has 0 aliphatic carbocycles. The number of hydrogen-bond acceptors (Lipinski definition) is 5. The number of nitro benzene ring substituents is 1. The number of aryl methyl sites for hydroxylation is 1. The predicted molar refractivity (Wildman–Crippen MR) is 154 cm³/mol. The van der Waals surface area contributed by atoms with Crippen molar-refractivity contribution in [2.24, 2.45) is 0 Å². The van der Waals surface area contributed by atoms with Crippen LogP contribution in [0.4, 0.5) is 22.7 Å². The van der Waals surface area contributed by atoms with Gasteiger partial charge in [0.05, 0.1) is 10.6 Å². The van der Waals surface area contributed by atoms with E-state index < -0.39 is 10.2 Å². The van der Waals surface area contributed by atoms with Crippen LogP contribution >= 0.6 is 24.0 Å². The maximum Gasteiger partial charge on any atom is 0.271 e. The van der Waals surface area contributed by atoms with Crippen LogP contribution in [-0.2, 0) is 4.79 Å². The van der Waals surface area contributed by atoms with Gasteiger partial charge in [-0.2, -0.15) is 0 Å². The van der Waals surface area contributed by atoms with E-state index in [2.05, 4.69) is 16.0 Å². The number of hydrogen-bond donors (Lipinski definition) is 3. The molecule has 0 spiro atoms. The molecule has 4 aromatic rings. The fourth-order valence-corrected chi connectivity index (χ4v) is 4.79. The third-order valence-electron chi connectivity index (χ3n) is 5.43. The number of nitro groups is 1. The highest BCUT2D eigenvalue weighted by Crippen LogP contribution is 2.37. The van der Waals surface area contributed by atoms with Crippen LogP contribution in [0.3, 0.4) is 0 Å². The number of carbonyl (C=O) groups is 1. The van der Waals surface area contributed by atoms with Gasteiger partial charge in [0.1, 0.15) is 5.25 Å². The van der Waals surface area contributed by atoms with Crippen molar-refractivity contribution in [1.29, 1.82) is 0 Å². The molecular formula is C28H24N4O3S2. The highest BCUT2D eigenvalue weighted by Gasteiger charge is 2.23. The van der Waals surface area contributed by atoms with Gasteiger partial charge in [0.25, 0.3) is 5.69 Å². The second kappa shape index (κ2) is 12.2. The van der Waals surface area contributed by atoms with E-state index in [0.717, 1.165) is 27.4 Å². The number of thiocarbonyl (C=S) groups is 1. The fourth-order valence-electron chi connectivity index (χ4n) is 3.53. The van der Waals surface area contributed by atoms with E-state index in [4.69, 9.17) is 12.2 Å². The van der Waals surface area contributed by atoms with Crippen molar-refractivity contribution in [3.05, 3.63) is 124 Å². The summed E-state index contributed by atoms with van der Waals surface area (Å²) in [5.41, 5.74) is 3.61. The quantitative estimate of drug-likeness (QED) is 0.0964. The number of nitrogens with zero attached hydrogens (tertiary/aromatic N) is 1. The maximum atomic E-state index is 13.4. The largest absolute Gasteiger partial charge is 0.332 e. The molecule has 4 rings (SSSR count). The molecular weight excluding hydrogens is 504 g/mol. The minimum atomic E-state index is -0.570. The van der Waals surface area contributed by atoms with Gasteiger partial charge in [-0.05, 0) is 66.7 Å². The summed E-state index contributed by atoms with van der Waals surface area (Å²) >= 11 is 6.79. The van der Waals surface area contributed by atoms with Crippen molar-refractivity contribution in [3.63, 3.8) is 0 Å². The lowest BCUT2D eigenvalue weighted by molar-refractivity contribution is -0.384. The molecule has 9 heteroatoms. The average Bonchev–Trinajstić information content (AvgIpc) is 2.90. The van der Waals surface area contributed by atoms with E-state index in [1.807, 2.05) is 84.9 Å². The number of para-hydroxylation sites is 1. The molecule has 1 amide bonds. The van der Waals surface area contributed by atoms with Gasteiger partial charge in [-0.3, -0.25) is 14.9 Å². The molecule has 0 fully saturated rings. The van der Waals surface area contributed by atoms with Gasteiger partial charge in [0.2, 0.25) is 5.91 Å². The van der Waals surface area contributed by atoms with Crippen LogP contribution in [0.2, 0.25) is 0 Å². The van der Waals surface area contributed by atoms with Crippen LogP contribution in [0, 0.1) is 17.0 Å². The number of thioether (sulfide) groups is 1. The van der Waals surface area contributed by atoms with Gasteiger partial charge >= 0.3 is 0 Å². The molecule has 0 saturated carbocycles. The minimum absolute atomic E-state index is 0.0763. The smallest absolute Gasteiger partial charge is 0.271 e. The van der Waals surface area contributed by atoms with Crippen LogP contribution in [-0.4, -0.2) is 15.9 Å². The Kier molecular flexibility index (Phi) is 8.50. The van der Waals surface area contributed by atoms with Crippen molar-refractivity contribution in [2.45, 2.75) is 17.1 Å². The Hall–Kier alpha value is -4.21. The summed E-state index contributed by atoms with van der Waals surface area (Å²) in [6, 6.07) is 31.1. The van der Waals surface area contributed by atoms with Crippen molar-refractivity contribution in [2.75, 3.05) is 16.0 Å². The van der Waals surface area contributed by atoms with Crippen LogP contribution in [0.25, 0.3) is 0 Å². The van der Waals surface area contributed by atoms with Crippen LogP contribution in [0.15, 0.2) is 108 Å². The van der Waals surface area contributed by atoms with Crippen molar-refractivity contribution in [3.8, 4) is 0 Å². The van der Waals surface area contributed by atoms with E-state index in [0.29, 0.717) is 10.8 Å². The lowest BCUT2D eigenvalue weighted by Gasteiger charge is -2.18. The molecule has 0 radical (unpaired) electrons. The van der Waals surface area contributed by atoms with Gasteiger partial charge in [-0.1, -0.05) is 54.6 Å². The first-order valence-corrected chi connectivity index (χ1v) is 12.7. The molecule has 0 aliphatic heterocycles. The minimum Gasteiger partial charge on any atom is -0.332 e. The van der Waals surface area contributed by atoms with Gasteiger partial charge in [0, 0.05) is 28.4 Å². The number of rotatable bonds is 8. The molecule has 4 aromatic carbocycles. The Morgan fingerprint density at radius 2 is 1.43 bits per heavy atom. The normalized spacial score (nSPS) is 11.3. The van der Waals surface area contributed by atoms with E-state index in [9.17, 15) is 14.9 Å². The van der Waals surface area contributed by atoms with E-state index in [1.165, 1.54) is 23.9 Å². The maximum absolute atomic E-state index is 13.4. The van der Waals surface area contributed by atoms with Crippen molar-refractivity contribution < 1.29 is 9.72 Å². The SMILES string of the molecule is Cc1ccc([N+](=O)[O-])cc1NC(=O)C(Sc1ccc(NC(=S)Nc2ccccc2)cc1)c1ccccc1. The molecule has 7 nitrogen and oxygen atoms in total. The van der Waals surface area contributed by atoms with Gasteiger partial charge < -0.3 is 16.0 Å². The van der Waals surface area contributed by atoms with Gasteiger partial charge in [0.15, 0.2) is 5.11 Å². The highest BCUT2D eigenvalue weighted by atomic mass is 32.2. The Morgan fingerprint density at radius 1 is 0.838 bits per heavy atom. The van der Waals surface area contributed by atoms with E-state index >= 15 is 0 Å². The number of carbonyl (C=O) groups excluding carboxylic acids is 1. The molecule has 0 aliphatic rings. The van der Waals surface area contributed by atoms with Crippen LogP contribution < -0.4 is 16.0 Å². The number of benzene rings is 4. The Morgan fingerprint density at radius 3 is 2.05 bits per heavy atom. The third-order valence-corrected chi connectivity index (χ3v) is 6.90. The number of nitrogens with one attached hydrogen (secondary N) is 3. The molecule has 1 unspecified atom stereocenters. The summed E-state index contributed by atoms with van der Waals surface area (Å²) in [5, 5.41) is 20.3. The van der Waals surface area contributed by atoms with E-state index in [-0.39, 0.29) is 11.6 Å². The molecule has 0 heterocycles. The molecule has 0 saturated heterocycles. The monoisotopic (exact) mass is 528 g/mol. The summed E-state index contributed by atoms with van der Waals surface area (Å²) in [6.07, 6.45) is 0. The molecule has 3 N–H and O–H groups in total. The molecule has 186 valence electrons. The average molecular weight is 529 g/mol. The topological polar surface area (TPSA) is 96.3 Å². The number of anilines is 3. The molecule has 0 bridgehead atoms. The van der Waals surface area contributed by atoms with Gasteiger partial charge in [-0.15, -0.1) is 11.8 Å². The Bertz CT molecular complexity index is 1400. The Balaban J connectivity index is 1.48. The summed E-state index contributed by atoms with van der Waals surface area (Å²) in [6.45, 7) is 1.80. The number of non-ortho nitro benzene ring substituents is 1. The third kappa shape index (κ3) is 7.16. The first-order valence-electron chi connectivity index (χ1n) is 11.4. The fraction of sp³-hybridized carbons (Fsp3) is 0.0714. The molecule has 0 aromatic heterocycles. The van der Waals surface area contributed by atoms with Crippen LogP contribution in [0.5, 0.6) is 0 Å². The van der Waals surface area contributed by atoms with Crippen molar-refractivity contribution in [1.82, 2.24) is 0 Å². The summed E-state index contributed by atoms with van der Waals surface area (Å²) in [4.78, 5) is 25.0. The predicted octanol–water partition coefficient (Wildman–Crippen LogP) is 7.18. The second-order valence-electron chi connectivity index (χ2n) is 8.12. The Labute approximate surface area is 224 Å². The highest BCUT2D eigenvalue weighted by molar-refractivity contribution is 8.00. The summed E-state index contributed by atoms with van der Waals surface area (Å²) in [7, 11) is 0.